The van der Waals surface area contributed by atoms with Crippen molar-refractivity contribution in [1.82, 2.24) is 10.2 Å². The molecular weight excluding hydrogens is 220 g/mol. The Labute approximate surface area is 114 Å². The Morgan fingerprint density at radius 2 is 1.78 bits per heavy atom. The molecule has 2 nitrogen and oxygen atoms in total. The monoisotopic (exact) mass is 252 g/mol. The molecule has 0 radical (unpaired) electrons. The third-order valence-corrected chi connectivity index (χ3v) is 5.78. The summed E-state index contributed by atoms with van der Waals surface area (Å²) in [5.41, 5.74) is 0.823. The van der Waals surface area contributed by atoms with E-state index in [4.69, 9.17) is 0 Å². The summed E-state index contributed by atoms with van der Waals surface area (Å²) < 4.78 is 0. The van der Waals surface area contributed by atoms with Crippen molar-refractivity contribution in [2.45, 2.75) is 77.3 Å². The molecule has 2 rings (SSSR count). The van der Waals surface area contributed by atoms with E-state index in [0.29, 0.717) is 11.1 Å². The Morgan fingerprint density at radius 1 is 1.17 bits per heavy atom. The van der Waals surface area contributed by atoms with Crippen LogP contribution in [-0.4, -0.2) is 35.6 Å². The first-order chi connectivity index (χ1) is 8.60. The zero-order valence-corrected chi connectivity index (χ0v) is 12.9. The Bertz CT molecular complexity index is 260. The van der Waals surface area contributed by atoms with Gasteiger partial charge in [0, 0.05) is 17.6 Å². The summed E-state index contributed by atoms with van der Waals surface area (Å²) in [6.07, 6.45) is 8.07. The lowest BCUT2D eigenvalue weighted by molar-refractivity contribution is 0.0525. The van der Waals surface area contributed by atoms with Crippen LogP contribution in [0.15, 0.2) is 0 Å². The van der Waals surface area contributed by atoms with E-state index < -0.39 is 0 Å². The summed E-state index contributed by atoms with van der Waals surface area (Å²) in [6, 6.07) is 0. The summed E-state index contributed by atoms with van der Waals surface area (Å²) in [7, 11) is 0. The number of rotatable bonds is 5. The van der Waals surface area contributed by atoms with Crippen LogP contribution < -0.4 is 5.32 Å². The first-order valence-corrected chi connectivity index (χ1v) is 8.10. The summed E-state index contributed by atoms with van der Waals surface area (Å²) in [5.74, 6) is 0.932. The zero-order chi connectivity index (χ0) is 13.2. The molecule has 1 saturated carbocycles. The number of nitrogens with zero attached hydrogens (tertiary/aromatic N) is 1. The lowest BCUT2D eigenvalue weighted by Crippen LogP contribution is -2.57. The molecule has 0 bridgehead atoms. The largest absolute Gasteiger partial charge is 0.310 e. The Balaban J connectivity index is 2.15. The predicted octanol–water partition coefficient (Wildman–Crippen LogP) is 3.42. The van der Waals surface area contributed by atoms with Gasteiger partial charge in [-0.1, -0.05) is 20.8 Å². The Morgan fingerprint density at radius 3 is 2.28 bits per heavy atom. The van der Waals surface area contributed by atoms with Gasteiger partial charge in [0.1, 0.15) is 0 Å². The Hall–Kier alpha value is -0.0800. The van der Waals surface area contributed by atoms with Gasteiger partial charge in [-0.25, -0.2) is 0 Å². The molecule has 106 valence electrons. The molecule has 0 aromatic rings. The Kier molecular flexibility index (Phi) is 4.38. The van der Waals surface area contributed by atoms with Crippen LogP contribution in [0.2, 0.25) is 0 Å². The van der Waals surface area contributed by atoms with Gasteiger partial charge in [0.15, 0.2) is 0 Å². The highest BCUT2D eigenvalue weighted by molar-refractivity contribution is 5.03. The molecule has 1 aliphatic carbocycles. The van der Waals surface area contributed by atoms with E-state index in [-0.39, 0.29) is 0 Å². The molecule has 0 aromatic carbocycles. The van der Waals surface area contributed by atoms with Gasteiger partial charge in [-0.15, -0.1) is 0 Å². The standard InChI is InChI=1S/C16H32N2/c1-5-16(6-2,7-3)18-12-8-11-17-15(4,13-18)14-9-10-14/h14,17H,5-13H2,1-4H3. The van der Waals surface area contributed by atoms with E-state index >= 15 is 0 Å². The molecule has 0 aromatic heterocycles. The van der Waals surface area contributed by atoms with Crippen LogP contribution in [0.4, 0.5) is 0 Å². The second-order valence-electron chi connectivity index (χ2n) is 6.68. The molecule has 1 unspecified atom stereocenters. The van der Waals surface area contributed by atoms with Crippen LogP contribution in [0.25, 0.3) is 0 Å². The third-order valence-electron chi connectivity index (χ3n) is 5.78. The molecular formula is C16H32N2. The van der Waals surface area contributed by atoms with Crippen molar-refractivity contribution >= 4 is 0 Å². The van der Waals surface area contributed by atoms with Crippen molar-refractivity contribution in [2.75, 3.05) is 19.6 Å². The summed E-state index contributed by atoms with van der Waals surface area (Å²) in [6.45, 7) is 13.3. The van der Waals surface area contributed by atoms with Gasteiger partial charge in [0.05, 0.1) is 0 Å². The average molecular weight is 252 g/mol. The van der Waals surface area contributed by atoms with E-state index in [2.05, 4.69) is 37.9 Å². The summed E-state index contributed by atoms with van der Waals surface area (Å²) >= 11 is 0. The van der Waals surface area contributed by atoms with E-state index in [0.717, 1.165) is 5.92 Å². The minimum Gasteiger partial charge on any atom is -0.310 e. The molecule has 1 aliphatic heterocycles. The first-order valence-electron chi connectivity index (χ1n) is 8.10. The normalized spacial score (nSPS) is 31.3. The fourth-order valence-electron chi connectivity index (χ4n) is 3.99. The molecule has 0 amide bonds. The quantitative estimate of drug-likeness (QED) is 0.806. The van der Waals surface area contributed by atoms with E-state index in [1.807, 2.05) is 0 Å². The number of nitrogens with one attached hydrogen (secondary N) is 1. The van der Waals surface area contributed by atoms with Crippen molar-refractivity contribution < 1.29 is 0 Å². The fourth-order valence-corrected chi connectivity index (χ4v) is 3.99. The van der Waals surface area contributed by atoms with Crippen LogP contribution in [0.1, 0.15) is 66.2 Å². The molecule has 18 heavy (non-hydrogen) atoms. The van der Waals surface area contributed by atoms with E-state index in [1.54, 1.807) is 0 Å². The molecule has 1 N–H and O–H groups in total. The van der Waals surface area contributed by atoms with Crippen molar-refractivity contribution in [3.63, 3.8) is 0 Å². The van der Waals surface area contributed by atoms with Gasteiger partial charge >= 0.3 is 0 Å². The summed E-state index contributed by atoms with van der Waals surface area (Å²) in [4.78, 5) is 2.82. The minimum absolute atomic E-state index is 0.376. The minimum atomic E-state index is 0.376. The smallest absolute Gasteiger partial charge is 0.0308 e. The van der Waals surface area contributed by atoms with Crippen molar-refractivity contribution in [2.24, 2.45) is 5.92 Å². The van der Waals surface area contributed by atoms with Gasteiger partial charge in [0.25, 0.3) is 0 Å². The topological polar surface area (TPSA) is 15.3 Å². The van der Waals surface area contributed by atoms with Gasteiger partial charge in [-0.3, -0.25) is 4.90 Å². The molecule has 2 heteroatoms. The zero-order valence-electron chi connectivity index (χ0n) is 12.9. The fraction of sp³-hybridized carbons (Fsp3) is 1.00. The predicted molar refractivity (Wildman–Crippen MR) is 78.9 cm³/mol. The lowest BCUT2D eigenvalue weighted by Gasteiger charge is -2.46. The van der Waals surface area contributed by atoms with Gasteiger partial charge in [-0.05, 0) is 64.5 Å². The molecule has 1 saturated heterocycles. The molecule has 0 spiro atoms. The second-order valence-corrected chi connectivity index (χ2v) is 6.68. The highest BCUT2D eigenvalue weighted by Gasteiger charge is 2.45. The maximum Gasteiger partial charge on any atom is 0.0308 e. The molecule has 2 fully saturated rings. The maximum atomic E-state index is 3.85. The highest BCUT2D eigenvalue weighted by Crippen LogP contribution is 2.42. The van der Waals surface area contributed by atoms with Crippen molar-refractivity contribution in [3.05, 3.63) is 0 Å². The van der Waals surface area contributed by atoms with Crippen LogP contribution in [0, 0.1) is 5.92 Å². The SMILES string of the molecule is CCC(CC)(CC)N1CCCNC(C)(C2CC2)C1. The van der Waals surface area contributed by atoms with Gasteiger partial charge in [-0.2, -0.15) is 0 Å². The van der Waals surface area contributed by atoms with E-state index in [1.165, 1.54) is 58.2 Å². The number of hydrogen-bond donors (Lipinski definition) is 1. The summed E-state index contributed by atoms with van der Waals surface area (Å²) in [5, 5.41) is 3.85. The number of hydrogen-bond acceptors (Lipinski definition) is 2. The van der Waals surface area contributed by atoms with Crippen LogP contribution >= 0.6 is 0 Å². The highest BCUT2D eigenvalue weighted by atomic mass is 15.2. The third kappa shape index (κ3) is 2.60. The first kappa shape index (κ1) is 14.3. The molecule has 1 atom stereocenters. The van der Waals surface area contributed by atoms with Gasteiger partial charge < -0.3 is 5.32 Å². The van der Waals surface area contributed by atoms with Crippen LogP contribution in [0.3, 0.4) is 0 Å². The van der Waals surface area contributed by atoms with Crippen LogP contribution in [-0.2, 0) is 0 Å². The van der Waals surface area contributed by atoms with Crippen LogP contribution in [0.5, 0.6) is 0 Å². The molecule has 2 aliphatic rings. The van der Waals surface area contributed by atoms with Gasteiger partial charge in [0.2, 0.25) is 0 Å². The van der Waals surface area contributed by atoms with E-state index in [9.17, 15) is 0 Å². The lowest BCUT2D eigenvalue weighted by atomic mass is 9.85. The van der Waals surface area contributed by atoms with Crippen molar-refractivity contribution in [1.29, 1.82) is 0 Å². The average Bonchev–Trinajstić information content (AvgIpc) is 3.20. The molecule has 1 heterocycles. The van der Waals surface area contributed by atoms with Crippen molar-refractivity contribution in [3.8, 4) is 0 Å². The second kappa shape index (κ2) is 5.50. The maximum absolute atomic E-state index is 3.85.